The summed E-state index contributed by atoms with van der Waals surface area (Å²) in [6, 6.07) is 15.9. The lowest BCUT2D eigenvalue weighted by molar-refractivity contribution is -0.123. The van der Waals surface area contributed by atoms with Gasteiger partial charge in [0.1, 0.15) is 11.4 Å². The van der Waals surface area contributed by atoms with Crippen LogP contribution in [-0.2, 0) is 14.8 Å². The summed E-state index contributed by atoms with van der Waals surface area (Å²) in [7, 11) is -2.13. The molecule has 0 spiro atoms. The van der Waals surface area contributed by atoms with Crippen LogP contribution in [0.1, 0.15) is 12.8 Å². The number of piperidine rings is 1. The van der Waals surface area contributed by atoms with Crippen molar-refractivity contribution < 1.29 is 22.4 Å². The molecule has 4 rings (SSSR count). The zero-order valence-electron chi connectivity index (χ0n) is 20.5. The number of amides is 3. The van der Waals surface area contributed by atoms with E-state index in [1.807, 2.05) is 11.9 Å². The van der Waals surface area contributed by atoms with Gasteiger partial charge in [0.05, 0.1) is 10.6 Å². The highest BCUT2D eigenvalue weighted by Crippen LogP contribution is 2.30. The van der Waals surface area contributed by atoms with Crippen molar-refractivity contribution in [3.05, 3.63) is 77.6 Å². The van der Waals surface area contributed by atoms with Gasteiger partial charge in [0.2, 0.25) is 15.9 Å². The quantitative estimate of drug-likeness (QED) is 0.362. The predicted molar refractivity (Wildman–Crippen MR) is 145 cm³/mol. The fourth-order valence-corrected chi connectivity index (χ4v) is 5.19. The van der Waals surface area contributed by atoms with Gasteiger partial charge in [-0.25, -0.2) is 22.7 Å². The number of hydrogen-bond donors (Lipinski definition) is 4. The van der Waals surface area contributed by atoms with Crippen LogP contribution >= 0.6 is 11.6 Å². The number of urea groups is 1. The maximum Gasteiger partial charge on any atom is 0.320 e. The molecule has 0 unspecified atom stereocenters. The normalized spacial score (nSPS) is 15.5. The number of anilines is 2. The van der Waals surface area contributed by atoms with Crippen LogP contribution in [0.3, 0.4) is 0 Å². The third-order valence-electron chi connectivity index (χ3n) is 6.45. The number of nitrogens with one attached hydrogen (secondary N) is 3. The van der Waals surface area contributed by atoms with E-state index in [1.165, 1.54) is 30.3 Å². The molecule has 0 saturated carbocycles. The van der Waals surface area contributed by atoms with Gasteiger partial charge in [-0.2, -0.15) is 0 Å². The van der Waals surface area contributed by atoms with Gasteiger partial charge in [0.25, 0.3) is 0 Å². The van der Waals surface area contributed by atoms with Crippen molar-refractivity contribution in [3.8, 4) is 11.1 Å². The Bertz CT molecular complexity index is 1460. The monoisotopic (exact) mass is 559 g/mol. The highest BCUT2D eigenvalue weighted by atomic mass is 35.5. The Balaban J connectivity index is 1.55. The first-order chi connectivity index (χ1) is 18.0. The Morgan fingerprint density at radius 1 is 1.00 bits per heavy atom. The molecule has 1 fully saturated rings. The zero-order chi connectivity index (χ0) is 27.5. The summed E-state index contributed by atoms with van der Waals surface area (Å²) in [5.74, 6) is -1.33. The van der Waals surface area contributed by atoms with Crippen molar-refractivity contribution in [1.29, 1.82) is 0 Å². The molecular weight excluding hydrogens is 533 g/mol. The largest absolute Gasteiger partial charge is 0.323 e. The SMILES string of the molecule is CN1CCC(NC(=O)Nc2ccc(Cl)cc2)(C(=O)Nc2ccc(-c3ccccc3S(N)(=O)=O)cc2F)CC1. The molecule has 3 aromatic rings. The number of nitrogens with two attached hydrogens (primary N) is 1. The van der Waals surface area contributed by atoms with E-state index in [-0.39, 0.29) is 21.7 Å². The topological polar surface area (TPSA) is 134 Å². The molecule has 38 heavy (non-hydrogen) atoms. The number of halogens is 2. The van der Waals surface area contributed by atoms with E-state index in [9.17, 15) is 18.0 Å². The fourth-order valence-electron chi connectivity index (χ4n) is 4.30. The summed E-state index contributed by atoms with van der Waals surface area (Å²) < 4.78 is 39.1. The zero-order valence-corrected chi connectivity index (χ0v) is 22.1. The molecule has 0 bridgehead atoms. The average molecular weight is 560 g/mol. The summed E-state index contributed by atoms with van der Waals surface area (Å²) in [4.78, 5) is 28.2. The number of likely N-dealkylation sites (tertiary alicyclic amines) is 1. The molecule has 0 atom stereocenters. The first-order valence-electron chi connectivity index (χ1n) is 11.7. The molecule has 3 aromatic carbocycles. The third-order valence-corrected chi connectivity index (χ3v) is 7.67. The summed E-state index contributed by atoms with van der Waals surface area (Å²) >= 11 is 5.89. The maximum absolute atomic E-state index is 15.1. The van der Waals surface area contributed by atoms with Gasteiger partial charge in [0, 0.05) is 29.4 Å². The van der Waals surface area contributed by atoms with Gasteiger partial charge in [0.15, 0.2) is 0 Å². The average Bonchev–Trinajstić information content (AvgIpc) is 2.87. The van der Waals surface area contributed by atoms with Crippen LogP contribution in [-0.4, -0.2) is 50.9 Å². The Morgan fingerprint density at radius 3 is 2.29 bits per heavy atom. The number of rotatable bonds is 6. The molecule has 0 radical (unpaired) electrons. The van der Waals surface area contributed by atoms with E-state index in [4.69, 9.17) is 16.7 Å². The first kappa shape index (κ1) is 27.5. The lowest BCUT2D eigenvalue weighted by Crippen LogP contribution is -2.62. The molecular formula is C26H27ClFN5O4S. The van der Waals surface area contributed by atoms with Crippen LogP contribution in [0.4, 0.5) is 20.6 Å². The van der Waals surface area contributed by atoms with Gasteiger partial charge in [-0.3, -0.25) is 4.79 Å². The highest BCUT2D eigenvalue weighted by molar-refractivity contribution is 7.89. The van der Waals surface area contributed by atoms with Crippen LogP contribution in [0.2, 0.25) is 5.02 Å². The van der Waals surface area contributed by atoms with E-state index in [1.54, 1.807) is 30.3 Å². The van der Waals surface area contributed by atoms with Gasteiger partial charge < -0.3 is 20.9 Å². The van der Waals surface area contributed by atoms with E-state index < -0.39 is 33.3 Å². The van der Waals surface area contributed by atoms with Crippen LogP contribution in [0.15, 0.2) is 71.6 Å². The van der Waals surface area contributed by atoms with Gasteiger partial charge >= 0.3 is 6.03 Å². The third kappa shape index (κ3) is 6.30. The summed E-state index contributed by atoms with van der Waals surface area (Å²) in [6.45, 7) is 1.08. The molecule has 12 heteroatoms. The lowest BCUT2D eigenvalue weighted by atomic mass is 9.86. The number of sulfonamides is 1. The number of carbonyl (C=O) groups is 2. The minimum absolute atomic E-state index is 0.106. The second-order valence-electron chi connectivity index (χ2n) is 9.16. The minimum atomic E-state index is -4.04. The number of hydrogen-bond acceptors (Lipinski definition) is 5. The molecule has 1 aliphatic heterocycles. The number of benzene rings is 3. The Kier molecular flexibility index (Phi) is 8.02. The summed E-state index contributed by atoms with van der Waals surface area (Å²) in [5, 5.41) is 13.9. The van der Waals surface area contributed by atoms with Crippen LogP contribution in [0, 0.1) is 5.82 Å². The van der Waals surface area contributed by atoms with Crippen LogP contribution in [0.5, 0.6) is 0 Å². The maximum atomic E-state index is 15.1. The van der Waals surface area contributed by atoms with E-state index in [0.29, 0.717) is 36.6 Å². The number of nitrogens with zero attached hydrogens (tertiary/aromatic N) is 1. The van der Waals surface area contributed by atoms with Gasteiger partial charge in [-0.1, -0.05) is 35.9 Å². The molecule has 9 nitrogen and oxygen atoms in total. The van der Waals surface area contributed by atoms with E-state index >= 15 is 4.39 Å². The first-order valence-corrected chi connectivity index (χ1v) is 13.7. The standard InChI is InChI=1S/C26H27ClFN5O4S/c1-33-14-12-26(13-15-33,32-25(35)30-19-9-7-18(27)8-10-19)24(34)31-22-11-6-17(16-21(22)28)20-4-2-3-5-23(20)38(29,36)37/h2-11,16H,12-15H2,1H3,(H,31,34)(H2,29,36,37)(H2,30,32,35). The highest BCUT2D eigenvalue weighted by Gasteiger charge is 2.42. The second kappa shape index (κ2) is 11.1. The molecule has 1 heterocycles. The number of primary sulfonamides is 1. The molecule has 1 aliphatic rings. The Morgan fingerprint density at radius 2 is 1.66 bits per heavy atom. The fraction of sp³-hybridized carbons (Fsp3) is 0.231. The second-order valence-corrected chi connectivity index (χ2v) is 11.1. The molecule has 0 aliphatic carbocycles. The lowest BCUT2D eigenvalue weighted by Gasteiger charge is -2.39. The smallest absolute Gasteiger partial charge is 0.320 e. The van der Waals surface area contributed by atoms with Gasteiger partial charge in [-0.15, -0.1) is 0 Å². The molecule has 3 amide bonds. The Labute approximate surface area is 225 Å². The Hall–Kier alpha value is -3.51. The van der Waals surface area contributed by atoms with Crippen molar-refractivity contribution in [3.63, 3.8) is 0 Å². The van der Waals surface area contributed by atoms with E-state index in [2.05, 4.69) is 16.0 Å². The van der Waals surface area contributed by atoms with Gasteiger partial charge in [-0.05, 0) is 67.9 Å². The minimum Gasteiger partial charge on any atom is -0.323 e. The molecule has 1 saturated heterocycles. The van der Waals surface area contributed by atoms with Crippen molar-refractivity contribution in [2.75, 3.05) is 30.8 Å². The predicted octanol–water partition coefficient (Wildman–Crippen LogP) is 4.02. The van der Waals surface area contributed by atoms with Crippen molar-refractivity contribution in [2.24, 2.45) is 5.14 Å². The van der Waals surface area contributed by atoms with Crippen LogP contribution in [0.25, 0.3) is 11.1 Å². The van der Waals surface area contributed by atoms with Crippen molar-refractivity contribution >= 4 is 44.9 Å². The number of carbonyl (C=O) groups excluding carboxylic acids is 2. The van der Waals surface area contributed by atoms with E-state index in [0.717, 1.165) is 6.07 Å². The molecule has 5 N–H and O–H groups in total. The summed E-state index contributed by atoms with van der Waals surface area (Å²) in [5.41, 5.74) is -0.380. The summed E-state index contributed by atoms with van der Waals surface area (Å²) in [6.07, 6.45) is 0.621. The van der Waals surface area contributed by atoms with Crippen molar-refractivity contribution in [1.82, 2.24) is 10.2 Å². The van der Waals surface area contributed by atoms with Crippen molar-refractivity contribution in [2.45, 2.75) is 23.3 Å². The molecule has 200 valence electrons. The van der Waals surface area contributed by atoms with Crippen LogP contribution < -0.4 is 21.1 Å². The molecule has 0 aromatic heterocycles.